The van der Waals surface area contributed by atoms with Crippen LogP contribution in [-0.4, -0.2) is 29.9 Å². The Hall–Kier alpha value is -2.08. The number of halogens is 1. The van der Waals surface area contributed by atoms with E-state index in [4.69, 9.17) is 16.0 Å². The average Bonchev–Trinajstić information content (AvgIpc) is 2.87. The van der Waals surface area contributed by atoms with Crippen molar-refractivity contribution in [3.05, 3.63) is 35.2 Å². The van der Waals surface area contributed by atoms with Crippen molar-refractivity contribution in [3.8, 4) is 11.5 Å². The van der Waals surface area contributed by atoms with Gasteiger partial charge in [-0.3, -0.25) is 0 Å². The van der Waals surface area contributed by atoms with Crippen molar-refractivity contribution in [2.75, 3.05) is 13.7 Å². The minimum Gasteiger partial charge on any atom is -0.453 e. The SMILES string of the molecule is COC(=O)NCCc1nnc(-c2ccccc2Cl)o1. The van der Waals surface area contributed by atoms with E-state index in [9.17, 15) is 4.79 Å². The summed E-state index contributed by atoms with van der Waals surface area (Å²) in [6.45, 7) is 0.358. The van der Waals surface area contributed by atoms with Crippen LogP contribution in [0.25, 0.3) is 11.5 Å². The molecule has 100 valence electrons. The van der Waals surface area contributed by atoms with Crippen LogP contribution in [0.3, 0.4) is 0 Å². The molecule has 0 saturated heterocycles. The third-order valence-electron chi connectivity index (χ3n) is 2.36. The molecule has 0 radical (unpaired) electrons. The number of rotatable bonds is 4. The summed E-state index contributed by atoms with van der Waals surface area (Å²) in [6, 6.07) is 7.21. The minimum atomic E-state index is -0.495. The number of benzene rings is 1. The number of nitrogens with zero attached hydrogens (tertiary/aromatic N) is 2. The van der Waals surface area contributed by atoms with Gasteiger partial charge < -0.3 is 14.5 Å². The molecule has 7 heteroatoms. The van der Waals surface area contributed by atoms with Crippen LogP contribution < -0.4 is 5.32 Å². The topological polar surface area (TPSA) is 77.2 Å². The van der Waals surface area contributed by atoms with Crippen LogP contribution in [0.2, 0.25) is 5.02 Å². The maximum absolute atomic E-state index is 10.9. The van der Waals surface area contributed by atoms with Crippen LogP contribution in [0.1, 0.15) is 5.89 Å². The number of hydrogen-bond donors (Lipinski definition) is 1. The first-order chi connectivity index (χ1) is 9.20. The molecule has 0 fully saturated rings. The summed E-state index contributed by atoms with van der Waals surface area (Å²) >= 11 is 6.03. The number of carbonyl (C=O) groups is 1. The highest BCUT2D eigenvalue weighted by Crippen LogP contribution is 2.26. The highest BCUT2D eigenvalue weighted by molar-refractivity contribution is 6.33. The molecule has 0 atom stereocenters. The molecule has 2 rings (SSSR count). The molecular weight excluding hydrogens is 270 g/mol. The van der Waals surface area contributed by atoms with Crippen molar-refractivity contribution in [1.82, 2.24) is 15.5 Å². The zero-order chi connectivity index (χ0) is 13.7. The molecule has 0 aliphatic heterocycles. The molecule has 19 heavy (non-hydrogen) atoms. The van der Waals surface area contributed by atoms with E-state index >= 15 is 0 Å². The van der Waals surface area contributed by atoms with Crippen LogP contribution in [0.15, 0.2) is 28.7 Å². The molecule has 1 heterocycles. The fraction of sp³-hybridized carbons (Fsp3) is 0.250. The summed E-state index contributed by atoms with van der Waals surface area (Å²) < 4.78 is 9.91. The highest BCUT2D eigenvalue weighted by Gasteiger charge is 2.11. The number of ether oxygens (including phenoxy) is 1. The fourth-order valence-electron chi connectivity index (χ4n) is 1.44. The third-order valence-corrected chi connectivity index (χ3v) is 2.69. The van der Waals surface area contributed by atoms with Crippen molar-refractivity contribution in [2.45, 2.75) is 6.42 Å². The molecule has 0 unspecified atom stereocenters. The number of amides is 1. The van der Waals surface area contributed by atoms with E-state index in [1.807, 2.05) is 12.1 Å². The van der Waals surface area contributed by atoms with Gasteiger partial charge in [-0.25, -0.2) is 4.79 Å². The second kappa shape index (κ2) is 6.19. The van der Waals surface area contributed by atoms with E-state index in [0.717, 1.165) is 0 Å². The maximum atomic E-state index is 10.9. The summed E-state index contributed by atoms with van der Waals surface area (Å²) in [6.07, 6.45) is -0.0714. The lowest BCUT2D eigenvalue weighted by Crippen LogP contribution is -2.25. The lowest BCUT2D eigenvalue weighted by molar-refractivity contribution is 0.171. The lowest BCUT2D eigenvalue weighted by atomic mass is 10.2. The van der Waals surface area contributed by atoms with E-state index in [-0.39, 0.29) is 0 Å². The van der Waals surface area contributed by atoms with Gasteiger partial charge in [0, 0.05) is 13.0 Å². The van der Waals surface area contributed by atoms with Crippen molar-refractivity contribution in [2.24, 2.45) is 0 Å². The van der Waals surface area contributed by atoms with Crippen molar-refractivity contribution >= 4 is 17.7 Å². The minimum absolute atomic E-state index is 0.358. The Morgan fingerprint density at radius 2 is 2.21 bits per heavy atom. The first-order valence-electron chi connectivity index (χ1n) is 5.60. The average molecular weight is 282 g/mol. The van der Waals surface area contributed by atoms with Crippen LogP contribution in [0, 0.1) is 0 Å². The van der Waals surface area contributed by atoms with Gasteiger partial charge >= 0.3 is 6.09 Å². The molecule has 1 amide bonds. The van der Waals surface area contributed by atoms with E-state index in [0.29, 0.717) is 35.3 Å². The summed E-state index contributed by atoms with van der Waals surface area (Å²) in [7, 11) is 1.30. The molecule has 2 aromatic rings. The quantitative estimate of drug-likeness (QED) is 0.930. The largest absolute Gasteiger partial charge is 0.453 e. The van der Waals surface area contributed by atoms with Crippen LogP contribution in [-0.2, 0) is 11.2 Å². The Labute approximate surface area is 114 Å². The number of methoxy groups -OCH3 is 1. The molecule has 1 aromatic carbocycles. The summed E-state index contributed by atoms with van der Waals surface area (Å²) in [5.74, 6) is 0.782. The van der Waals surface area contributed by atoms with Crippen LogP contribution >= 0.6 is 11.6 Å². The molecule has 0 saturated carbocycles. The van der Waals surface area contributed by atoms with Crippen molar-refractivity contribution < 1.29 is 13.9 Å². The Morgan fingerprint density at radius 3 is 2.95 bits per heavy atom. The highest BCUT2D eigenvalue weighted by atomic mass is 35.5. The Kier molecular flexibility index (Phi) is 4.35. The summed E-state index contributed by atoms with van der Waals surface area (Å²) in [5, 5.41) is 10.9. The van der Waals surface area contributed by atoms with Gasteiger partial charge in [0.15, 0.2) is 0 Å². The maximum Gasteiger partial charge on any atom is 0.406 e. The number of nitrogens with one attached hydrogen (secondary N) is 1. The Bertz CT molecular complexity index is 571. The molecule has 0 bridgehead atoms. The van der Waals surface area contributed by atoms with Gasteiger partial charge in [0.1, 0.15) is 0 Å². The van der Waals surface area contributed by atoms with Gasteiger partial charge in [-0.2, -0.15) is 0 Å². The molecule has 6 nitrogen and oxygen atoms in total. The zero-order valence-corrected chi connectivity index (χ0v) is 11.0. The smallest absolute Gasteiger partial charge is 0.406 e. The number of carbonyl (C=O) groups excluding carboxylic acids is 1. The summed E-state index contributed by atoms with van der Waals surface area (Å²) in [5.41, 5.74) is 0.684. The van der Waals surface area contributed by atoms with Gasteiger partial charge in [0.25, 0.3) is 0 Å². The Morgan fingerprint density at radius 1 is 1.42 bits per heavy atom. The van der Waals surface area contributed by atoms with Crippen LogP contribution in [0.4, 0.5) is 4.79 Å². The molecule has 0 spiro atoms. The summed E-state index contributed by atoms with van der Waals surface area (Å²) in [4.78, 5) is 10.9. The Balaban J connectivity index is 2.00. The van der Waals surface area contributed by atoms with Crippen molar-refractivity contribution in [3.63, 3.8) is 0 Å². The molecule has 0 aliphatic carbocycles. The van der Waals surface area contributed by atoms with Gasteiger partial charge in [0.2, 0.25) is 11.8 Å². The molecule has 1 aromatic heterocycles. The first-order valence-corrected chi connectivity index (χ1v) is 5.97. The second-order valence-electron chi connectivity index (χ2n) is 3.65. The standard InChI is InChI=1S/C12H12ClN3O3/c1-18-12(17)14-7-6-10-15-16-11(19-10)8-4-2-3-5-9(8)13/h2-5H,6-7H2,1H3,(H,14,17). The molecule has 0 aliphatic rings. The fourth-order valence-corrected chi connectivity index (χ4v) is 1.66. The predicted molar refractivity (Wildman–Crippen MR) is 68.9 cm³/mol. The van der Waals surface area contributed by atoms with E-state index in [1.165, 1.54) is 7.11 Å². The predicted octanol–water partition coefficient (Wildman–Crippen LogP) is 2.29. The second-order valence-corrected chi connectivity index (χ2v) is 4.06. The first kappa shape index (κ1) is 13.4. The normalized spacial score (nSPS) is 10.2. The van der Waals surface area contributed by atoms with Crippen molar-refractivity contribution in [1.29, 1.82) is 0 Å². The monoisotopic (exact) mass is 281 g/mol. The number of alkyl carbamates (subject to hydrolysis) is 1. The van der Waals surface area contributed by atoms with Gasteiger partial charge in [-0.1, -0.05) is 23.7 Å². The molecular formula is C12H12ClN3O3. The van der Waals surface area contributed by atoms with Crippen LogP contribution in [0.5, 0.6) is 0 Å². The van der Waals surface area contributed by atoms with Gasteiger partial charge in [0.05, 0.1) is 17.7 Å². The van der Waals surface area contributed by atoms with E-state index in [2.05, 4.69) is 20.3 Å². The lowest BCUT2D eigenvalue weighted by Gasteiger charge is -2.00. The van der Waals surface area contributed by atoms with E-state index < -0.39 is 6.09 Å². The number of aromatic nitrogens is 2. The third kappa shape index (κ3) is 3.45. The zero-order valence-electron chi connectivity index (χ0n) is 10.2. The number of hydrogen-bond acceptors (Lipinski definition) is 5. The van der Waals surface area contributed by atoms with E-state index in [1.54, 1.807) is 12.1 Å². The van der Waals surface area contributed by atoms with Gasteiger partial charge in [-0.05, 0) is 12.1 Å². The van der Waals surface area contributed by atoms with Gasteiger partial charge in [-0.15, -0.1) is 10.2 Å². The molecule has 1 N–H and O–H groups in total.